The molecule has 0 aliphatic carbocycles. The Balaban J connectivity index is 0.000000671. The highest BCUT2D eigenvalue weighted by Gasteiger charge is 2.10. The maximum Gasteiger partial charge on any atom is 0.00912 e. The summed E-state index contributed by atoms with van der Waals surface area (Å²) in [6.45, 7) is 9.85. The van der Waals surface area contributed by atoms with Gasteiger partial charge < -0.3 is 10.6 Å². The average molecular weight is 186 g/mol. The molecule has 2 nitrogen and oxygen atoms in total. The zero-order valence-electron chi connectivity index (χ0n) is 9.53. The molecule has 0 unspecified atom stereocenters. The van der Waals surface area contributed by atoms with Crippen molar-refractivity contribution in [3.63, 3.8) is 0 Å². The van der Waals surface area contributed by atoms with E-state index in [0.717, 1.165) is 6.04 Å². The van der Waals surface area contributed by atoms with Crippen molar-refractivity contribution in [1.82, 2.24) is 10.6 Å². The minimum atomic E-state index is 0.794. The Morgan fingerprint density at radius 1 is 1.23 bits per heavy atom. The van der Waals surface area contributed by atoms with Gasteiger partial charge in [-0.25, -0.2) is 0 Å². The van der Waals surface area contributed by atoms with Crippen LogP contribution in [0, 0.1) is 0 Å². The molecule has 1 saturated heterocycles. The molecule has 0 aromatic rings. The van der Waals surface area contributed by atoms with E-state index in [1.165, 1.54) is 45.3 Å². The second-order valence-electron chi connectivity index (χ2n) is 3.33. The van der Waals surface area contributed by atoms with Crippen LogP contribution >= 0.6 is 0 Å². The molecular formula is C11H26N2. The Labute approximate surface area is 83.5 Å². The smallest absolute Gasteiger partial charge is 0.00912 e. The van der Waals surface area contributed by atoms with Gasteiger partial charge >= 0.3 is 0 Å². The molecule has 13 heavy (non-hydrogen) atoms. The van der Waals surface area contributed by atoms with Gasteiger partial charge in [-0.05, 0) is 38.9 Å². The third-order valence-electron chi connectivity index (χ3n) is 2.30. The van der Waals surface area contributed by atoms with Crippen LogP contribution in [0.15, 0.2) is 0 Å². The molecule has 0 atom stereocenters. The van der Waals surface area contributed by atoms with Crippen LogP contribution in [0.3, 0.4) is 0 Å². The molecule has 0 bridgehead atoms. The summed E-state index contributed by atoms with van der Waals surface area (Å²) < 4.78 is 0. The van der Waals surface area contributed by atoms with E-state index in [-0.39, 0.29) is 0 Å². The third kappa shape index (κ3) is 7.03. The lowest BCUT2D eigenvalue weighted by Crippen LogP contribution is -2.40. The molecule has 0 saturated carbocycles. The van der Waals surface area contributed by atoms with Crippen LogP contribution in [0.5, 0.6) is 0 Å². The average Bonchev–Trinajstić information content (AvgIpc) is 2.23. The Morgan fingerprint density at radius 3 is 2.38 bits per heavy atom. The fourth-order valence-electron chi connectivity index (χ4n) is 1.51. The van der Waals surface area contributed by atoms with Crippen LogP contribution < -0.4 is 10.6 Å². The van der Waals surface area contributed by atoms with Crippen LogP contribution in [0.2, 0.25) is 0 Å². The minimum Gasteiger partial charge on any atom is -0.317 e. The predicted molar refractivity (Wildman–Crippen MR) is 60.2 cm³/mol. The van der Waals surface area contributed by atoms with Crippen LogP contribution in [0.1, 0.15) is 46.5 Å². The van der Waals surface area contributed by atoms with Gasteiger partial charge in [-0.2, -0.15) is 0 Å². The minimum absolute atomic E-state index is 0.794. The van der Waals surface area contributed by atoms with Crippen molar-refractivity contribution in [3.05, 3.63) is 0 Å². The van der Waals surface area contributed by atoms with E-state index in [0.29, 0.717) is 0 Å². The van der Waals surface area contributed by atoms with E-state index in [1.807, 2.05) is 13.8 Å². The van der Waals surface area contributed by atoms with Gasteiger partial charge in [0.1, 0.15) is 0 Å². The predicted octanol–water partition coefficient (Wildman–Crippen LogP) is 2.15. The Bertz CT molecular complexity index is 88.1. The second-order valence-corrected chi connectivity index (χ2v) is 3.33. The topological polar surface area (TPSA) is 24.1 Å². The number of nitrogens with one attached hydrogen (secondary N) is 2. The van der Waals surface area contributed by atoms with Gasteiger partial charge in [0, 0.05) is 6.04 Å². The zero-order chi connectivity index (χ0) is 9.94. The SMILES string of the molecule is CC.CCCCNC1CCNCC1. The van der Waals surface area contributed by atoms with E-state index < -0.39 is 0 Å². The molecule has 1 aliphatic rings. The summed E-state index contributed by atoms with van der Waals surface area (Å²) in [5.41, 5.74) is 0. The summed E-state index contributed by atoms with van der Waals surface area (Å²) in [6.07, 6.45) is 5.25. The zero-order valence-corrected chi connectivity index (χ0v) is 9.53. The molecule has 1 aliphatic heterocycles. The summed E-state index contributed by atoms with van der Waals surface area (Å²) in [4.78, 5) is 0. The Hall–Kier alpha value is -0.0800. The Kier molecular flexibility index (Phi) is 9.94. The molecule has 2 N–H and O–H groups in total. The van der Waals surface area contributed by atoms with Crippen molar-refractivity contribution in [2.24, 2.45) is 0 Å². The Morgan fingerprint density at radius 2 is 1.85 bits per heavy atom. The number of rotatable bonds is 4. The summed E-state index contributed by atoms with van der Waals surface area (Å²) in [7, 11) is 0. The summed E-state index contributed by atoms with van der Waals surface area (Å²) >= 11 is 0. The van der Waals surface area contributed by atoms with E-state index >= 15 is 0 Å². The van der Waals surface area contributed by atoms with Gasteiger partial charge in [-0.15, -0.1) is 0 Å². The maximum absolute atomic E-state index is 3.58. The van der Waals surface area contributed by atoms with E-state index in [9.17, 15) is 0 Å². The van der Waals surface area contributed by atoms with Crippen molar-refractivity contribution in [2.75, 3.05) is 19.6 Å². The molecule has 0 spiro atoms. The molecule has 1 rings (SSSR count). The molecule has 0 radical (unpaired) electrons. The number of hydrogen-bond donors (Lipinski definition) is 2. The first-order valence-corrected chi connectivity index (χ1v) is 5.87. The van der Waals surface area contributed by atoms with Crippen molar-refractivity contribution in [1.29, 1.82) is 0 Å². The number of unbranched alkanes of at least 4 members (excludes halogenated alkanes) is 1. The van der Waals surface area contributed by atoms with Crippen molar-refractivity contribution in [2.45, 2.75) is 52.5 Å². The van der Waals surface area contributed by atoms with Gasteiger partial charge in [0.05, 0.1) is 0 Å². The maximum atomic E-state index is 3.58. The highest BCUT2D eigenvalue weighted by molar-refractivity contribution is 4.73. The third-order valence-corrected chi connectivity index (χ3v) is 2.30. The standard InChI is InChI=1S/C9H20N2.C2H6/c1-2-3-6-11-9-4-7-10-8-5-9;1-2/h9-11H,2-8H2,1H3;1-2H3. The molecule has 0 aromatic heterocycles. The van der Waals surface area contributed by atoms with Gasteiger partial charge in [-0.3, -0.25) is 0 Å². The van der Waals surface area contributed by atoms with Gasteiger partial charge in [-0.1, -0.05) is 27.2 Å². The summed E-state index contributed by atoms with van der Waals surface area (Å²) in [6, 6.07) is 0.794. The van der Waals surface area contributed by atoms with E-state index in [2.05, 4.69) is 17.6 Å². The van der Waals surface area contributed by atoms with Crippen LogP contribution in [0.25, 0.3) is 0 Å². The lowest BCUT2D eigenvalue weighted by Gasteiger charge is -2.23. The fourth-order valence-corrected chi connectivity index (χ4v) is 1.51. The highest BCUT2D eigenvalue weighted by Crippen LogP contribution is 2.01. The lowest BCUT2D eigenvalue weighted by molar-refractivity contribution is 0.385. The van der Waals surface area contributed by atoms with Gasteiger partial charge in [0.15, 0.2) is 0 Å². The van der Waals surface area contributed by atoms with Crippen LogP contribution in [-0.2, 0) is 0 Å². The quantitative estimate of drug-likeness (QED) is 0.657. The molecule has 80 valence electrons. The normalized spacial score (nSPS) is 17.8. The highest BCUT2D eigenvalue weighted by atomic mass is 15.0. The van der Waals surface area contributed by atoms with Crippen molar-refractivity contribution < 1.29 is 0 Å². The fraction of sp³-hybridized carbons (Fsp3) is 1.00. The van der Waals surface area contributed by atoms with Crippen molar-refractivity contribution >= 4 is 0 Å². The summed E-state index contributed by atoms with van der Waals surface area (Å²) in [5, 5.41) is 6.95. The first kappa shape index (κ1) is 12.9. The van der Waals surface area contributed by atoms with Gasteiger partial charge in [0.2, 0.25) is 0 Å². The largest absolute Gasteiger partial charge is 0.317 e. The first-order chi connectivity index (χ1) is 6.43. The molecule has 1 fully saturated rings. The van der Waals surface area contributed by atoms with Crippen molar-refractivity contribution in [3.8, 4) is 0 Å². The van der Waals surface area contributed by atoms with E-state index in [4.69, 9.17) is 0 Å². The molecule has 0 aromatic carbocycles. The van der Waals surface area contributed by atoms with Gasteiger partial charge in [0.25, 0.3) is 0 Å². The second kappa shape index (κ2) is 10.0. The van der Waals surface area contributed by atoms with Crippen LogP contribution in [-0.4, -0.2) is 25.7 Å². The first-order valence-electron chi connectivity index (χ1n) is 5.87. The lowest BCUT2D eigenvalue weighted by atomic mass is 10.1. The summed E-state index contributed by atoms with van der Waals surface area (Å²) in [5.74, 6) is 0. The van der Waals surface area contributed by atoms with Crippen LogP contribution in [0.4, 0.5) is 0 Å². The number of hydrogen-bond acceptors (Lipinski definition) is 2. The monoisotopic (exact) mass is 186 g/mol. The molecular weight excluding hydrogens is 160 g/mol. The molecule has 0 amide bonds. The number of piperidine rings is 1. The molecule has 1 heterocycles. The molecule has 2 heteroatoms. The van der Waals surface area contributed by atoms with E-state index in [1.54, 1.807) is 0 Å².